The smallest absolute Gasteiger partial charge is 0.266 e. The van der Waals surface area contributed by atoms with Crippen LogP contribution in [0.2, 0.25) is 0 Å². The van der Waals surface area contributed by atoms with Gasteiger partial charge < -0.3 is 25.8 Å². The Morgan fingerprint density at radius 2 is 1.70 bits per heavy atom. The molecule has 1 aromatic heterocycles. The van der Waals surface area contributed by atoms with Crippen molar-refractivity contribution in [1.82, 2.24) is 25.4 Å². The molecule has 63 heavy (non-hydrogen) atoms. The summed E-state index contributed by atoms with van der Waals surface area (Å²) in [7, 11) is 0. The number of nitrogens with one attached hydrogen (secondary N) is 4. The van der Waals surface area contributed by atoms with Crippen molar-refractivity contribution >= 4 is 40.9 Å². The highest BCUT2D eigenvalue weighted by Crippen LogP contribution is 2.48. The van der Waals surface area contributed by atoms with Crippen LogP contribution >= 0.6 is 0 Å². The zero-order valence-corrected chi connectivity index (χ0v) is 35.4. The van der Waals surface area contributed by atoms with E-state index in [1.165, 1.54) is 11.1 Å². The number of hydrogen-bond donors (Lipinski definition) is 5. The van der Waals surface area contributed by atoms with Gasteiger partial charge in [-0.15, -0.1) is 0 Å². The lowest BCUT2D eigenvalue weighted by Crippen LogP contribution is -2.54. The van der Waals surface area contributed by atoms with E-state index in [0.29, 0.717) is 43.2 Å². The Hall–Kier alpha value is -5.96. The molecule has 14 heteroatoms. The van der Waals surface area contributed by atoms with Crippen molar-refractivity contribution in [3.8, 4) is 16.9 Å². The fraction of sp³-hybridized carbons (Fsp3) is 0.429. The van der Waals surface area contributed by atoms with E-state index >= 15 is 0 Å². The number of imide groups is 2. The fourth-order valence-electron chi connectivity index (χ4n) is 10.5. The van der Waals surface area contributed by atoms with Crippen LogP contribution < -0.4 is 26.0 Å². The maximum atomic E-state index is 13.4. The van der Waals surface area contributed by atoms with Crippen molar-refractivity contribution in [2.75, 3.05) is 36.9 Å². The second kappa shape index (κ2) is 18.8. The van der Waals surface area contributed by atoms with Crippen LogP contribution in [0.5, 0.6) is 5.75 Å². The minimum absolute atomic E-state index is 0.0115. The third-order valence-electron chi connectivity index (χ3n) is 13.7. The number of benzene rings is 3. The number of pyridine rings is 1. The third-order valence-corrected chi connectivity index (χ3v) is 13.7. The number of aliphatic hydroxyl groups is 1. The van der Waals surface area contributed by atoms with E-state index in [1.807, 2.05) is 24.5 Å². The first-order valence-corrected chi connectivity index (χ1v) is 22.5. The standard InChI is InChI=1S/C49H55N7O7/c57-29-40-36-20-24-55(28-31-18-21-50-22-19-31)46(36)38-27-33(12-15-39(38)53-40)32-5-2-6-35(26-32)52-43(58)9-1-4-30-10-13-34(14-11-30)51-23-25-63-42-8-3-7-37-45(42)49(62)56(48(37)61)41-16-17-44(59)54-47(41)60/h2-3,5-8,12,15,18-19,21-22,26-27,30,34,36,40-41,46,51,53,57H,1,4,9-11,13-14,16-17,20,23-25,28-29H2,(H,52,58)(H,54,59,60)/t30?,34?,36-,40-,41?,46-/m1/s1. The molecular formula is C49H55N7O7. The van der Waals surface area contributed by atoms with Crippen molar-refractivity contribution in [1.29, 1.82) is 0 Å². The van der Waals surface area contributed by atoms with Crippen molar-refractivity contribution in [2.24, 2.45) is 11.8 Å². The van der Waals surface area contributed by atoms with Crippen molar-refractivity contribution in [3.05, 3.63) is 107 Å². The summed E-state index contributed by atoms with van der Waals surface area (Å²) < 4.78 is 6.00. The van der Waals surface area contributed by atoms with Gasteiger partial charge in [0.05, 0.1) is 23.8 Å². The average molecular weight is 854 g/mol. The summed E-state index contributed by atoms with van der Waals surface area (Å²) in [6.07, 6.45) is 11.4. The van der Waals surface area contributed by atoms with Crippen LogP contribution in [0.4, 0.5) is 11.4 Å². The molecule has 5 N–H and O–H groups in total. The molecule has 5 amide bonds. The molecule has 3 fully saturated rings. The minimum atomic E-state index is -1.02. The largest absolute Gasteiger partial charge is 0.491 e. The van der Waals surface area contributed by atoms with Crippen LogP contribution in [0, 0.1) is 11.8 Å². The number of ether oxygens (including phenoxy) is 1. The van der Waals surface area contributed by atoms with Gasteiger partial charge in [-0.05, 0) is 135 Å². The summed E-state index contributed by atoms with van der Waals surface area (Å²) in [6.45, 7) is 2.76. The Kier molecular flexibility index (Phi) is 12.6. The Balaban J connectivity index is 0.713. The topological polar surface area (TPSA) is 182 Å². The van der Waals surface area contributed by atoms with Crippen LogP contribution in [0.15, 0.2) is 85.2 Å². The quantitative estimate of drug-likeness (QED) is 0.0717. The van der Waals surface area contributed by atoms with Gasteiger partial charge in [-0.2, -0.15) is 0 Å². The second-order valence-electron chi connectivity index (χ2n) is 17.6. The minimum Gasteiger partial charge on any atom is -0.491 e. The molecule has 0 spiro atoms. The Morgan fingerprint density at radius 3 is 2.51 bits per heavy atom. The number of carbonyl (C=O) groups excluding carboxylic acids is 5. The zero-order chi connectivity index (χ0) is 43.5. The molecule has 5 aliphatic rings. The first-order valence-electron chi connectivity index (χ1n) is 22.5. The van der Waals surface area contributed by atoms with Gasteiger partial charge in [0, 0.05) is 67.7 Å². The first-order chi connectivity index (χ1) is 30.7. The van der Waals surface area contributed by atoms with Crippen molar-refractivity contribution < 1.29 is 33.8 Å². The van der Waals surface area contributed by atoms with Crippen LogP contribution in [-0.2, 0) is 20.9 Å². The average Bonchev–Trinajstić information content (AvgIpc) is 3.83. The Morgan fingerprint density at radius 1 is 0.889 bits per heavy atom. The van der Waals surface area contributed by atoms with Gasteiger partial charge in [0.1, 0.15) is 18.4 Å². The summed E-state index contributed by atoms with van der Waals surface area (Å²) in [5.74, 6) is -0.984. The Labute approximate surface area is 367 Å². The maximum absolute atomic E-state index is 13.4. The number of amides is 5. The molecule has 1 unspecified atom stereocenters. The van der Waals surface area contributed by atoms with Gasteiger partial charge in [-0.1, -0.05) is 24.3 Å². The van der Waals surface area contributed by atoms with Crippen LogP contribution in [-0.4, -0.2) is 93.9 Å². The molecule has 3 aromatic carbocycles. The number of aliphatic hydroxyl groups excluding tert-OH is 1. The maximum Gasteiger partial charge on any atom is 0.266 e. The van der Waals surface area contributed by atoms with E-state index in [9.17, 15) is 29.1 Å². The van der Waals surface area contributed by atoms with E-state index < -0.39 is 29.7 Å². The number of piperidine rings is 1. The van der Waals surface area contributed by atoms with E-state index in [4.69, 9.17) is 4.74 Å². The number of fused-ring (bicyclic) bond motifs is 4. The number of aromatic nitrogens is 1. The van der Waals surface area contributed by atoms with Crippen molar-refractivity contribution in [3.63, 3.8) is 0 Å². The molecule has 9 rings (SSSR count). The van der Waals surface area contributed by atoms with E-state index in [0.717, 1.165) is 85.4 Å². The van der Waals surface area contributed by atoms with Gasteiger partial charge in [0.15, 0.2) is 0 Å². The van der Waals surface area contributed by atoms with E-state index in [1.54, 1.807) is 18.2 Å². The lowest BCUT2D eigenvalue weighted by Gasteiger charge is -2.39. The molecule has 14 nitrogen and oxygen atoms in total. The lowest BCUT2D eigenvalue weighted by molar-refractivity contribution is -0.136. The van der Waals surface area contributed by atoms with Crippen LogP contribution in [0.25, 0.3) is 11.1 Å². The molecule has 4 aromatic rings. The number of rotatable bonds is 15. The summed E-state index contributed by atoms with van der Waals surface area (Å²) in [6, 6.07) is 23.1. The van der Waals surface area contributed by atoms with Gasteiger partial charge in [-0.25, -0.2) is 0 Å². The lowest BCUT2D eigenvalue weighted by atomic mass is 9.82. The number of hydrogen-bond acceptors (Lipinski definition) is 11. The second-order valence-corrected chi connectivity index (χ2v) is 17.6. The zero-order valence-electron chi connectivity index (χ0n) is 35.4. The molecule has 4 atom stereocenters. The van der Waals surface area contributed by atoms with Crippen molar-refractivity contribution in [2.45, 2.75) is 94.9 Å². The molecule has 1 saturated carbocycles. The predicted molar refractivity (Wildman–Crippen MR) is 237 cm³/mol. The highest BCUT2D eigenvalue weighted by molar-refractivity contribution is 6.24. The molecule has 4 aliphatic heterocycles. The summed E-state index contributed by atoms with van der Waals surface area (Å²) >= 11 is 0. The normalized spacial score (nSPS) is 24.3. The van der Waals surface area contributed by atoms with E-state index in [2.05, 4.69) is 73.6 Å². The van der Waals surface area contributed by atoms with Gasteiger partial charge >= 0.3 is 0 Å². The number of likely N-dealkylation sites (tertiary alicyclic amines) is 1. The molecule has 1 aliphatic carbocycles. The molecule has 328 valence electrons. The number of anilines is 2. The predicted octanol–water partition coefficient (Wildman–Crippen LogP) is 5.84. The fourth-order valence-corrected chi connectivity index (χ4v) is 10.5. The van der Waals surface area contributed by atoms with Gasteiger partial charge in [0.25, 0.3) is 11.8 Å². The highest BCUT2D eigenvalue weighted by atomic mass is 16.5. The highest BCUT2D eigenvalue weighted by Gasteiger charge is 2.46. The number of nitrogens with zero attached hydrogens (tertiary/aromatic N) is 3. The van der Waals surface area contributed by atoms with Gasteiger partial charge in [0.2, 0.25) is 17.7 Å². The first kappa shape index (κ1) is 42.3. The Bertz CT molecular complexity index is 2370. The van der Waals surface area contributed by atoms with Gasteiger partial charge in [-0.3, -0.25) is 44.1 Å². The molecule has 0 bridgehead atoms. The van der Waals surface area contributed by atoms with Crippen LogP contribution in [0.3, 0.4) is 0 Å². The number of carbonyl (C=O) groups is 5. The SMILES string of the molecule is O=C1CCC(N2C(=O)c3cccc(OCCNC4CCC(CCCC(=O)Nc5cccc(-c6ccc7c(c6)[C@H]6[C@H](CCN6Cc6ccncc6)[C@@H](CO)N7)c5)CC4)c3C2=O)C(=O)N1. The summed E-state index contributed by atoms with van der Waals surface area (Å²) in [4.78, 5) is 71.4. The molecule has 0 radical (unpaired) electrons. The molecular weight excluding hydrogens is 799 g/mol. The molecule has 5 heterocycles. The molecule has 2 saturated heterocycles. The summed E-state index contributed by atoms with van der Waals surface area (Å²) in [5.41, 5.74) is 6.81. The van der Waals surface area contributed by atoms with E-state index in [-0.39, 0.29) is 48.6 Å². The third kappa shape index (κ3) is 9.11. The monoisotopic (exact) mass is 853 g/mol. The summed E-state index contributed by atoms with van der Waals surface area (Å²) in [5, 5.41) is 22.8. The van der Waals surface area contributed by atoms with Crippen LogP contribution in [0.1, 0.15) is 102 Å².